The Labute approximate surface area is 157 Å². The molecule has 7 nitrogen and oxygen atoms in total. The van der Waals surface area contributed by atoms with Gasteiger partial charge in [-0.1, -0.05) is 24.3 Å². The van der Waals surface area contributed by atoms with Gasteiger partial charge >= 0.3 is 5.97 Å². The normalized spacial score (nSPS) is 15.0. The molecule has 1 fully saturated rings. The van der Waals surface area contributed by atoms with E-state index in [0.29, 0.717) is 11.1 Å². The van der Waals surface area contributed by atoms with Crippen molar-refractivity contribution in [1.29, 1.82) is 0 Å². The summed E-state index contributed by atoms with van der Waals surface area (Å²) in [5.41, 5.74) is 5.05. The van der Waals surface area contributed by atoms with Crippen LogP contribution in [0.1, 0.15) is 31.8 Å². The Hall–Kier alpha value is -3.03. The molecule has 2 N–H and O–H groups in total. The molecular weight excluding hydrogens is 346 g/mol. The largest absolute Gasteiger partial charge is 0.478 e. The van der Waals surface area contributed by atoms with Gasteiger partial charge in [0.2, 0.25) is 0 Å². The van der Waals surface area contributed by atoms with Gasteiger partial charge in [0.05, 0.1) is 25.0 Å². The van der Waals surface area contributed by atoms with Gasteiger partial charge in [-0.3, -0.25) is 9.69 Å². The molecule has 1 aliphatic rings. The predicted molar refractivity (Wildman–Crippen MR) is 101 cm³/mol. The Morgan fingerprint density at radius 2 is 1.67 bits per heavy atom. The second-order valence-corrected chi connectivity index (χ2v) is 6.21. The average Bonchev–Trinajstić information content (AvgIpc) is 2.69. The fraction of sp³-hybridized carbons (Fsp3) is 0.250. The molecule has 0 saturated carbocycles. The van der Waals surface area contributed by atoms with Crippen LogP contribution in [-0.4, -0.2) is 54.4 Å². The van der Waals surface area contributed by atoms with E-state index in [1.165, 1.54) is 18.3 Å². The number of benzene rings is 2. The molecular formula is C20H21N3O4. The van der Waals surface area contributed by atoms with Crippen molar-refractivity contribution in [3.05, 3.63) is 70.8 Å². The highest BCUT2D eigenvalue weighted by Crippen LogP contribution is 2.09. The van der Waals surface area contributed by atoms with Crippen LogP contribution in [0.15, 0.2) is 53.6 Å². The van der Waals surface area contributed by atoms with Crippen LogP contribution in [0.2, 0.25) is 0 Å². The molecule has 2 aromatic carbocycles. The molecule has 0 unspecified atom stereocenters. The molecule has 1 heterocycles. The van der Waals surface area contributed by atoms with Crippen LogP contribution in [0.5, 0.6) is 0 Å². The molecule has 27 heavy (non-hydrogen) atoms. The fourth-order valence-electron chi connectivity index (χ4n) is 2.72. The molecule has 0 spiro atoms. The summed E-state index contributed by atoms with van der Waals surface area (Å²) in [6.07, 6.45) is 1.47. The SMILES string of the molecule is O=C(O)c1ccc(/C=N\NC(=O)c2ccc(CN3CCOCC3)cc2)cc1. The first-order valence-corrected chi connectivity index (χ1v) is 8.67. The van der Waals surface area contributed by atoms with Gasteiger partial charge in [-0.2, -0.15) is 5.10 Å². The summed E-state index contributed by atoms with van der Waals surface area (Å²) in [5, 5.41) is 12.8. The van der Waals surface area contributed by atoms with Crippen molar-refractivity contribution in [2.24, 2.45) is 5.10 Å². The second-order valence-electron chi connectivity index (χ2n) is 6.21. The summed E-state index contributed by atoms with van der Waals surface area (Å²) in [6, 6.07) is 13.7. The summed E-state index contributed by atoms with van der Waals surface area (Å²) < 4.78 is 5.34. The van der Waals surface area contributed by atoms with Crippen LogP contribution in [-0.2, 0) is 11.3 Å². The maximum atomic E-state index is 12.2. The Balaban J connectivity index is 1.52. The maximum absolute atomic E-state index is 12.2. The minimum atomic E-state index is -0.983. The zero-order chi connectivity index (χ0) is 19.1. The number of carboxylic acids is 1. The Bertz CT molecular complexity index is 810. The first-order chi connectivity index (χ1) is 13.1. The predicted octanol–water partition coefficient (Wildman–Crippen LogP) is 1.98. The lowest BCUT2D eigenvalue weighted by molar-refractivity contribution is 0.0342. The quantitative estimate of drug-likeness (QED) is 0.602. The summed E-state index contributed by atoms with van der Waals surface area (Å²) in [6.45, 7) is 4.21. The van der Waals surface area contributed by atoms with Crippen molar-refractivity contribution in [2.75, 3.05) is 26.3 Å². The number of hydrogen-bond donors (Lipinski definition) is 2. The zero-order valence-electron chi connectivity index (χ0n) is 14.8. The third-order valence-electron chi connectivity index (χ3n) is 4.26. The number of carbonyl (C=O) groups excluding carboxylic acids is 1. The highest BCUT2D eigenvalue weighted by molar-refractivity contribution is 5.95. The first-order valence-electron chi connectivity index (χ1n) is 8.67. The fourth-order valence-corrected chi connectivity index (χ4v) is 2.72. The van der Waals surface area contributed by atoms with E-state index in [2.05, 4.69) is 15.4 Å². The van der Waals surface area contributed by atoms with Gasteiger partial charge in [-0.25, -0.2) is 10.2 Å². The maximum Gasteiger partial charge on any atom is 0.335 e. The molecule has 7 heteroatoms. The number of morpholine rings is 1. The molecule has 0 atom stereocenters. The number of hydrazone groups is 1. The number of nitrogens with zero attached hydrogens (tertiary/aromatic N) is 2. The Kier molecular flexibility index (Phi) is 6.30. The zero-order valence-corrected chi connectivity index (χ0v) is 14.8. The highest BCUT2D eigenvalue weighted by atomic mass is 16.5. The molecule has 3 rings (SSSR count). The lowest BCUT2D eigenvalue weighted by atomic mass is 10.1. The van der Waals surface area contributed by atoms with Crippen LogP contribution in [0.4, 0.5) is 0 Å². The van der Waals surface area contributed by atoms with Crippen LogP contribution in [0.25, 0.3) is 0 Å². The summed E-state index contributed by atoms with van der Waals surface area (Å²) in [5.74, 6) is -1.28. The molecule has 0 radical (unpaired) electrons. The number of ether oxygens (including phenoxy) is 1. The monoisotopic (exact) mass is 367 g/mol. The third kappa shape index (κ3) is 5.47. The van der Waals surface area contributed by atoms with E-state index in [0.717, 1.165) is 38.4 Å². The van der Waals surface area contributed by atoms with E-state index < -0.39 is 5.97 Å². The topological polar surface area (TPSA) is 91.2 Å². The van der Waals surface area contributed by atoms with Crippen molar-refractivity contribution >= 4 is 18.1 Å². The number of carbonyl (C=O) groups is 2. The second kappa shape index (κ2) is 9.07. The Morgan fingerprint density at radius 3 is 2.30 bits per heavy atom. The smallest absolute Gasteiger partial charge is 0.335 e. The van der Waals surface area contributed by atoms with Crippen LogP contribution in [0, 0.1) is 0 Å². The molecule has 1 aliphatic heterocycles. The van der Waals surface area contributed by atoms with Gasteiger partial charge in [-0.15, -0.1) is 0 Å². The van der Waals surface area contributed by atoms with E-state index in [-0.39, 0.29) is 11.5 Å². The summed E-state index contributed by atoms with van der Waals surface area (Å²) >= 11 is 0. The minimum absolute atomic E-state index is 0.202. The number of aromatic carboxylic acids is 1. The summed E-state index contributed by atoms with van der Waals surface area (Å²) in [4.78, 5) is 25.3. The number of carboxylic acid groups (broad SMARTS) is 1. The lowest BCUT2D eigenvalue weighted by Crippen LogP contribution is -2.35. The van der Waals surface area contributed by atoms with Gasteiger partial charge in [-0.05, 0) is 35.4 Å². The number of rotatable bonds is 6. The lowest BCUT2D eigenvalue weighted by Gasteiger charge is -2.26. The van der Waals surface area contributed by atoms with Gasteiger partial charge in [0.1, 0.15) is 0 Å². The van der Waals surface area contributed by atoms with E-state index in [1.54, 1.807) is 24.3 Å². The first kappa shape index (κ1) is 18.8. The Morgan fingerprint density at radius 1 is 1.04 bits per heavy atom. The van der Waals surface area contributed by atoms with Crippen molar-refractivity contribution in [2.45, 2.75) is 6.54 Å². The van der Waals surface area contributed by atoms with Crippen molar-refractivity contribution in [1.82, 2.24) is 10.3 Å². The van der Waals surface area contributed by atoms with Crippen LogP contribution in [0.3, 0.4) is 0 Å². The molecule has 1 saturated heterocycles. The average molecular weight is 367 g/mol. The van der Waals surface area contributed by atoms with Crippen LogP contribution < -0.4 is 5.43 Å². The number of amides is 1. The van der Waals surface area contributed by atoms with Gasteiger partial charge in [0.15, 0.2) is 0 Å². The van der Waals surface area contributed by atoms with Crippen molar-refractivity contribution in [3.63, 3.8) is 0 Å². The molecule has 0 aromatic heterocycles. The summed E-state index contributed by atoms with van der Waals surface area (Å²) in [7, 11) is 0. The van der Waals surface area contributed by atoms with Gasteiger partial charge in [0.25, 0.3) is 5.91 Å². The van der Waals surface area contributed by atoms with Gasteiger partial charge in [0, 0.05) is 25.2 Å². The number of hydrogen-bond acceptors (Lipinski definition) is 5. The van der Waals surface area contributed by atoms with Crippen LogP contribution >= 0.6 is 0 Å². The third-order valence-corrected chi connectivity index (χ3v) is 4.26. The molecule has 0 aliphatic carbocycles. The highest BCUT2D eigenvalue weighted by Gasteiger charge is 2.11. The molecule has 1 amide bonds. The van der Waals surface area contributed by atoms with Crippen molar-refractivity contribution < 1.29 is 19.4 Å². The van der Waals surface area contributed by atoms with E-state index in [9.17, 15) is 9.59 Å². The standard InChI is InChI=1S/C20H21N3O4/c24-19(22-21-13-15-1-7-18(8-2-15)20(25)26)17-5-3-16(4-6-17)14-23-9-11-27-12-10-23/h1-8,13H,9-12,14H2,(H,22,24)(H,25,26)/b21-13-. The van der Waals surface area contributed by atoms with Gasteiger partial charge < -0.3 is 9.84 Å². The molecule has 0 bridgehead atoms. The number of nitrogens with one attached hydrogen (secondary N) is 1. The van der Waals surface area contributed by atoms with E-state index in [4.69, 9.17) is 9.84 Å². The van der Waals surface area contributed by atoms with E-state index >= 15 is 0 Å². The molecule has 140 valence electrons. The van der Waals surface area contributed by atoms with Crippen molar-refractivity contribution in [3.8, 4) is 0 Å². The minimum Gasteiger partial charge on any atom is -0.478 e. The molecule has 2 aromatic rings. The van der Waals surface area contributed by atoms with E-state index in [1.807, 2.05) is 12.1 Å².